The maximum Gasteiger partial charge on any atom is 0.213 e. The molecule has 4 nitrogen and oxygen atoms in total. The summed E-state index contributed by atoms with van der Waals surface area (Å²) in [5, 5.41) is 7.10. The van der Waals surface area contributed by atoms with Crippen molar-refractivity contribution in [2.75, 3.05) is 12.4 Å². The fourth-order valence-corrected chi connectivity index (χ4v) is 2.54. The van der Waals surface area contributed by atoms with E-state index in [0.717, 1.165) is 12.1 Å². The van der Waals surface area contributed by atoms with Gasteiger partial charge in [-0.05, 0) is 42.8 Å². The van der Waals surface area contributed by atoms with E-state index in [1.54, 1.807) is 19.4 Å². The first-order valence-electron chi connectivity index (χ1n) is 7.27. The lowest BCUT2D eigenvalue weighted by Gasteiger charge is -2.21. The monoisotopic (exact) mass is 315 g/mol. The molecule has 5 heteroatoms. The lowest BCUT2D eigenvalue weighted by atomic mass is 10.00. The van der Waals surface area contributed by atoms with Gasteiger partial charge in [0, 0.05) is 6.07 Å². The Labute approximate surface area is 136 Å². The Kier molecular flexibility index (Phi) is 5.72. The molecule has 0 radical (unpaired) electrons. The molecule has 2 N–H and O–H groups in total. The molecule has 1 aromatic heterocycles. The Morgan fingerprint density at radius 1 is 1.27 bits per heavy atom. The van der Waals surface area contributed by atoms with Crippen molar-refractivity contribution in [1.29, 1.82) is 0 Å². The van der Waals surface area contributed by atoms with Crippen LogP contribution in [0.5, 0.6) is 5.88 Å². The third kappa shape index (κ3) is 4.18. The molecule has 0 aliphatic carbocycles. The van der Waals surface area contributed by atoms with E-state index in [1.807, 2.05) is 12.1 Å². The highest BCUT2D eigenvalue weighted by Gasteiger charge is 2.12. The van der Waals surface area contributed by atoms with Crippen molar-refractivity contribution in [3.63, 3.8) is 0 Å². The van der Waals surface area contributed by atoms with Gasteiger partial charge < -0.3 is 15.4 Å². The van der Waals surface area contributed by atoms with Crippen molar-refractivity contribution < 1.29 is 4.74 Å². The molecule has 0 fully saturated rings. The summed E-state index contributed by atoms with van der Waals surface area (Å²) < 4.78 is 5.04. The molecular weight excluding hydrogens is 294 g/mol. The predicted molar refractivity (Wildman–Crippen MR) is 94.4 cm³/mol. The Morgan fingerprint density at radius 2 is 2.05 bits per heavy atom. The quantitative estimate of drug-likeness (QED) is 0.821. The Balaban J connectivity index is 2.01. The van der Waals surface area contributed by atoms with Crippen molar-refractivity contribution in [2.24, 2.45) is 0 Å². The van der Waals surface area contributed by atoms with E-state index in [0.29, 0.717) is 11.0 Å². The Bertz CT molecular complexity index is 628. The standard InChI is InChI=1S/C17H21N3OS/c1-4-15(14-8-6-5-7-12(14)2)20-17(22)19-13-9-10-16(21-3)18-11-13/h5-11,15H,4H2,1-3H3,(H2,19,20,22)/t15-/m0/s1. The zero-order valence-corrected chi connectivity index (χ0v) is 13.9. The lowest BCUT2D eigenvalue weighted by Crippen LogP contribution is -2.32. The molecule has 0 saturated carbocycles. The smallest absolute Gasteiger partial charge is 0.213 e. The molecule has 2 rings (SSSR count). The van der Waals surface area contributed by atoms with Gasteiger partial charge in [0.15, 0.2) is 5.11 Å². The molecular formula is C17H21N3OS. The Morgan fingerprint density at radius 3 is 2.64 bits per heavy atom. The van der Waals surface area contributed by atoms with E-state index < -0.39 is 0 Å². The summed E-state index contributed by atoms with van der Waals surface area (Å²) in [5.41, 5.74) is 3.36. The number of hydrogen-bond donors (Lipinski definition) is 2. The molecule has 0 bridgehead atoms. The van der Waals surface area contributed by atoms with Crippen LogP contribution >= 0.6 is 12.2 Å². The average molecular weight is 315 g/mol. The number of thiocarbonyl (C=S) groups is 1. The zero-order chi connectivity index (χ0) is 15.9. The van der Waals surface area contributed by atoms with Crippen molar-refractivity contribution >= 4 is 23.0 Å². The van der Waals surface area contributed by atoms with Crippen LogP contribution in [0.15, 0.2) is 42.6 Å². The van der Waals surface area contributed by atoms with E-state index in [-0.39, 0.29) is 6.04 Å². The molecule has 1 atom stereocenters. The highest BCUT2D eigenvalue weighted by atomic mass is 32.1. The fraction of sp³-hybridized carbons (Fsp3) is 0.294. The van der Waals surface area contributed by atoms with E-state index in [4.69, 9.17) is 17.0 Å². The highest BCUT2D eigenvalue weighted by molar-refractivity contribution is 7.80. The van der Waals surface area contributed by atoms with Gasteiger partial charge in [0.1, 0.15) is 0 Å². The fourth-order valence-electron chi connectivity index (χ4n) is 2.28. The van der Waals surface area contributed by atoms with Gasteiger partial charge in [-0.2, -0.15) is 0 Å². The van der Waals surface area contributed by atoms with Crippen LogP contribution in [0.1, 0.15) is 30.5 Å². The number of anilines is 1. The minimum atomic E-state index is 0.187. The van der Waals surface area contributed by atoms with Crippen LogP contribution in [0.4, 0.5) is 5.69 Å². The maximum atomic E-state index is 5.40. The second kappa shape index (κ2) is 7.75. The van der Waals surface area contributed by atoms with Gasteiger partial charge in [-0.15, -0.1) is 0 Å². The Hall–Kier alpha value is -2.14. The number of methoxy groups -OCH3 is 1. The van der Waals surface area contributed by atoms with E-state index in [2.05, 4.69) is 47.7 Å². The summed E-state index contributed by atoms with van der Waals surface area (Å²) >= 11 is 5.40. The van der Waals surface area contributed by atoms with Crippen LogP contribution in [0, 0.1) is 6.92 Å². The molecule has 0 unspecified atom stereocenters. The summed E-state index contributed by atoms with van der Waals surface area (Å²) in [4.78, 5) is 4.15. The minimum absolute atomic E-state index is 0.187. The first-order chi connectivity index (χ1) is 10.6. The van der Waals surface area contributed by atoms with Gasteiger partial charge in [0.05, 0.1) is 25.0 Å². The van der Waals surface area contributed by atoms with Gasteiger partial charge in [-0.3, -0.25) is 0 Å². The number of nitrogens with one attached hydrogen (secondary N) is 2. The van der Waals surface area contributed by atoms with Gasteiger partial charge in [0.2, 0.25) is 5.88 Å². The second-order valence-corrected chi connectivity index (χ2v) is 5.41. The van der Waals surface area contributed by atoms with Crippen molar-refractivity contribution in [3.05, 3.63) is 53.7 Å². The third-order valence-electron chi connectivity index (χ3n) is 3.48. The number of rotatable bonds is 5. The molecule has 1 heterocycles. The van der Waals surface area contributed by atoms with Gasteiger partial charge >= 0.3 is 0 Å². The topological polar surface area (TPSA) is 46.2 Å². The van der Waals surface area contributed by atoms with Crippen LogP contribution in [0.25, 0.3) is 0 Å². The molecule has 0 amide bonds. The van der Waals surface area contributed by atoms with Crippen molar-refractivity contribution in [1.82, 2.24) is 10.3 Å². The predicted octanol–water partition coefficient (Wildman–Crippen LogP) is 3.84. The molecule has 116 valence electrons. The van der Waals surface area contributed by atoms with E-state index in [9.17, 15) is 0 Å². The summed E-state index contributed by atoms with van der Waals surface area (Å²) in [5.74, 6) is 0.579. The van der Waals surface area contributed by atoms with Gasteiger partial charge in [0.25, 0.3) is 0 Å². The van der Waals surface area contributed by atoms with Gasteiger partial charge in [-0.1, -0.05) is 31.2 Å². The van der Waals surface area contributed by atoms with E-state index >= 15 is 0 Å². The molecule has 0 saturated heterocycles. The van der Waals surface area contributed by atoms with Crippen LogP contribution in [-0.4, -0.2) is 17.2 Å². The van der Waals surface area contributed by atoms with Gasteiger partial charge in [-0.25, -0.2) is 4.98 Å². The zero-order valence-electron chi connectivity index (χ0n) is 13.1. The number of nitrogens with zero attached hydrogens (tertiary/aromatic N) is 1. The molecule has 1 aromatic carbocycles. The van der Waals surface area contributed by atoms with Crippen molar-refractivity contribution in [3.8, 4) is 5.88 Å². The third-order valence-corrected chi connectivity index (χ3v) is 3.70. The summed E-state index contributed by atoms with van der Waals surface area (Å²) in [6, 6.07) is 12.2. The van der Waals surface area contributed by atoms with Crippen molar-refractivity contribution in [2.45, 2.75) is 26.3 Å². The average Bonchev–Trinajstić information content (AvgIpc) is 2.54. The largest absolute Gasteiger partial charge is 0.481 e. The molecule has 0 aliphatic heterocycles. The summed E-state index contributed by atoms with van der Waals surface area (Å²) in [6.07, 6.45) is 2.65. The number of aromatic nitrogens is 1. The van der Waals surface area contributed by atoms with E-state index in [1.165, 1.54) is 11.1 Å². The number of benzene rings is 1. The maximum absolute atomic E-state index is 5.40. The number of ether oxygens (including phenoxy) is 1. The molecule has 0 spiro atoms. The van der Waals surface area contributed by atoms with Crippen LogP contribution in [0.3, 0.4) is 0 Å². The molecule has 0 aliphatic rings. The summed E-state index contributed by atoms with van der Waals surface area (Å²) in [6.45, 7) is 4.26. The van der Waals surface area contributed by atoms with Crippen LogP contribution in [0.2, 0.25) is 0 Å². The van der Waals surface area contributed by atoms with Crippen LogP contribution < -0.4 is 15.4 Å². The first-order valence-corrected chi connectivity index (χ1v) is 7.68. The summed E-state index contributed by atoms with van der Waals surface area (Å²) in [7, 11) is 1.59. The minimum Gasteiger partial charge on any atom is -0.481 e. The second-order valence-electron chi connectivity index (χ2n) is 5.01. The number of aryl methyl sites for hydroxylation is 1. The SMILES string of the molecule is CC[C@H](NC(=S)Nc1ccc(OC)nc1)c1ccccc1C. The lowest BCUT2D eigenvalue weighted by molar-refractivity contribution is 0.398. The van der Waals surface area contributed by atoms with Crippen LogP contribution in [-0.2, 0) is 0 Å². The molecule has 2 aromatic rings. The molecule has 22 heavy (non-hydrogen) atoms. The number of hydrogen-bond acceptors (Lipinski definition) is 3. The number of pyridine rings is 1. The normalized spacial score (nSPS) is 11.6. The highest BCUT2D eigenvalue weighted by Crippen LogP contribution is 2.20. The first kappa shape index (κ1) is 16.2.